The van der Waals surface area contributed by atoms with Crippen LogP contribution in [0.15, 0.2) is 46.0 Å². The van der Waals surface area contributed by atoms with E-state index in [1.165, 1.54) is 24.6 Å². The van der Waals surface area contributed by atoms with Gasteiger partial charge < -0.3 is 19.8 Å². The Labute approximate surface area is 188 Å². The van der Waals surface area contributed by atoms with E-state index in [0.29, 0.717) is 15.7 Å². The van der Waals surface area contributed by atoms with E-state index in [4.69, 9.17) is 4.74 Å². The zero-order valence-electron chi connectivity index (χ0n) is 16.3. The van der Waals surface area contributed by atoms with Crippen LogP contribution in [0.3, 0.4) is 0 Å². The average molecular weight is 513 g/mol. The first-order valence-corrected chi connectivity index (χ1v) is 10.4. The van der Waals surface area contributed by atoms with E-state index >= 15 is 0 Å². The van der Waals surface area contributed by atoms with E-state index in [-0.39, 0.29) is 46.4 Å². The molecule has 31 heavy (non-hydrogen) atoms. The monoisotopic (exact) mass is 512 g/mol. The summed E-state index contributed by atoms with van der Waals surface area (Å²) in [4.78, 5) is 15.8. The number of carbonyl (C=O) groups is 1. The smallest absolute Gasteiger partial charge is 0.447 e. The van der Waals surface area contributed by atoms with Crippen molar-refractivity contribution in [1.29, 1.82) is 0 Å². The van der Waals surface area contributed by atoms with E-state index in [2.05, 4.69) is 43.4 Å². The molecule has 0 aliphatic heterocycles. The molecule has 6 nitrogen and oxygen atoms in total. The Balaban J connectivity index is 1.84. The summed E-state index contributed by atoms with van der Waals surface area (Å²) in [5, 5.41) is 5.46. The molecule has 0 aliphatic carbocycles. The van der Waals surface area contributed by atoms with Crippen LogP contribution in [0.25, 0.3) is 5.52 Å². The summed E-state index contributed by atoms with van der Waals surface area (Å²) in [6.45, 7) is 0.126. The van der Waals surface area contributed by atoms with Crippen LogP contribution in [0, 0.1) is 11.8 Å². The number of halogens is 4. The number of methoxy groups -OCH3 is 1. The molecule has 3 heterocycles. The molecular formula is C20H16BrF3N4O2S. The lowest BCUT2D eigenvalue weighted by atomic mass is 10.3. The van der Waals surface area contributed by atoms with Gasteiger partial charge in [0.1, 0.15) is 10.7 Å². The van der Waals surface area contributed by atoms with Gasteiger partial charge in [0.25, 0.3) is 5.91 Å². The molecule has 162 valence electrons. The molecule has 0 spiro atoms. The van der Waals surface area contributed by atoms with E-state index in [1.807, 2.05) is 0 Å². The Hall–Kier alpha value is -2.84. The molecular weight excluding hydrogens is 497 g/mol. The van der Waals surface area contributed by atoms with Crippen molar-refractivity contribution in [3.05, 3.63) is 52.3 Å². The van der Waals surface area contributed by atoms with Gasteiger partial charge in [-0.1, -0.05) is 11.8 Å². The highest BCUT2D eigenvalue weighted by atomic mass is 79.9. The maximum Gasteiger partial charge on any atom is 0.447 e. The first kappa shape index (κ1) is 22.8. The SMILES string of the molecule is CNC(=O)c1ccc(NCC#Cc2cc3c(Br)cccn3c2SC(F)(F)F)c(OC)n1. The number of nitrogens with one attached hydrogen (secondary N) is 2. The van der Waals surface area contributed by atoms with Crippen molar-refractivity contribution in [3.8, 4) is 17.7 Å². The van der Waals surface area contributed by atoms with Crippen LogP contribution in [0.4, 0.5) is 18.9 Å². The molecule has 0 saturated carbocycles. The number of thioether (sulfide) groups is 1. The van der Waals surface area contributed by atoms with E-state index in [0.717, 1.165) is 0 Å². The number of carbonyl (C=O) groups excluding carboxylic acids is 1. The number of amides is 1. The zero-order valence-corrected chi connectivity index (χ0v) is 18.7. The second kappa shape index (κ2) is 9.53. The molecule has 0 atom stereocenters. The van der Waals surface area contributed by atoms with Gasteiger partial charge in [0.2, 0.25) is 5.88 Å². The summed E-state index contributed by atoms with van der Waals surface area (Å²) >= 11 is 3.14. The van der Waals surface area contributed by atoms with Crippen LogP contribution >= 0.6 is 27.7 Å². The summed E-state index contributed by atoms with van der Waals surface area (Å²) in [7, 11) is 2.91. The van der Waals surface area contributed by atoms with E-state index < -0.39 is 5.51 Å². The fourth-order valence-electron chi connectivity index (χ4n) is 2.71. The minimum absolute atomic E-state index is 0.00882. The van der Waals surface area contributed by atoms with Crippen molar-refractivity contribution < 1.29 is 22.7 Å². The van der Waals surface area contributed by atoms with E-state index in [1.54, 1.807) is 30.5 Å². The van der Waals surface area contributed by atoms with Crippen LogP contribution in [-0.4, -0.2) is 41.5 Å². The molecule has 1 amide bonds. The number of hydrogen-bond acceptors (Lipinski definition) is 5. The predicted molar refractivity (Wildman–Crippen MR) is 117 cm³/mol. The summed E-state index contributed by atoms with van der Waals surface area (Å²) < 4.78 is 46.5. The summed E-state index contributed by atoms with van der Waals surface area (Å²) in [6.07, 6.45) is 1.56. The molecule has 0 bridgehead atoms. The lowest BCUT2D eigenvalue weighted by molar-refractivity contribution is -0.0329. The minimum atomic E-state index is -4.45. The fraction of sp³-hybridized carbons (Fsp3) is 0.200. The number of hydrogen-bond donors (Lipinski definition) is 2. The minimum Gasteiger partial charge on any atom is -0.480 e. The number of pyridine rings is 2. The van der Waals surface area contributed by atoms with Gasteiger partial charge in [-0.05, 0) is 46.3 Å². The number of rotatable bonds is 5. The molecule has 0 aromatic carbocycles. The molecule has 3 aromatic heterocycles. The van der Waals surface area contributed by atoms with Crippen molar-refractivity contribution in [1.82, 2.24) is 14.7 Å². The zero-order chi connectivity index (χ0) is 22.6. The summed E-state index contributed by atoms with van der Waals surface area (Å²) in [6, 6.07) is 8.14. The lowest BCUT2D eigenvalue weighted by Gasteiger charge is -2.09. The van der Waals surface area contributed by atoms with Gasteiger partial charge in [0, 0.05) is 29.5 Å². The first-order chi connectivity index (χ1) is 14.7. The van der Waals surface area contributed by atoms with Crippen molar-refractivity contribution in [3.63, 3.8) is 0 Å². The number of fused-ring (bicyclic) bond motifs is 1. The van der Waals surface area contributed by atoms with E-state index in [9.17, 15) is 18.0 Å². The molecule has 0 aliphatic rings. The second-order valence-electron chi connectivity index (χ2n) is 6.01. The Bertz CT molecular complexity index is 1180. The molecule has 2 N–H and O–H groups in total. The predicted octanol–water partition coefficient (Wildman–Crippen LogP) is 4.54. The van der Waals surface area contributed by atoms with Gasteiger partial charge in [0.05, 0.1) is 30.4 Å². The van der Waals surface area contributed by atoms with Crippen LogP contribution in [-0.2, 0) is 0 Å². The lowest BCUT2D eigenvalue weighted by Crippen LogP contribution is -2.19. The maximum atomic E-state index is 13.1. The Morgan fingerprint density at radius 3 is 2.81 bits per heavy atom. The topological polar surface area (TPSA) is 67.7 Å². The molecule has 0 fully saturated rings. The van der Waals surface area contributed by atoms with Crippen molar-refractivity contribution >= 4 is 44.8 Å². The maximum absolute atomic E-state index is 13.1. The van der Waals surface area contributed by atoms with Gasteiger partial charge in [0.15, 0.2) is 0 Å². The number of nitrogens with zero attached hydrogens (tertiary/aromatic N) is 2. The van der Waals surface area contributed by atoms with Crippen molar-refractivity contribution in [2.45, 2.75) is 10.5 Å². The highest BCUT2D eigenvalue weighted by molar-refractivity contribution is 9.10. The molecule has 0 unspecified atom stereocenters. The largest absolute Gasteiger partial charge is 0.480 e. The molecule has 3 rings (SSSR count). The number of ether oxygens (including phenoxy) is 1. The Morgan fingerprint density at radius 2 is 2.13 bits per heavy atom. The van der Waals surface area contributed by atoms with Gasteiger partial charge in [-0.15, -0.1) is 0 Å². The number of anilines is 1. The highest BCUT2D eigenvalue weighted by Gasteiger charge is 2.32. The fourth-order valence-corrected chi connectivity index (χ4v) is 3.86. The summed E-state index contributed by atoms with van der Waals surface area (Å²) in [5.41, 5.74) is -2.91. The molecule has 0 radical (unpaired) electrons. The van der Waals surface area contributed by atoms with Crippen molar-refractivity contribution in [2.75, 3.05) is 26.0 Å². The quantitative estimate of drug-likeness (QED) is 0.388. The third-order valence-electron chi connectivity index (χ3n) is 4.03. The van der Waals surface area contributed by atoms with Crippen LogP contribution in [0.2, 0.25) is 0 Å². The van der Waals surface area contributed by atoms with Crippen molar-refractivity contribution in [2.24, 2.45) is 0 Å². The second-order valence-corrected chi connectivity index (χ2v) is 7.92. The van der Waals surface area contributed by atoms with Gasteiger partial charge in [-0.2, -0.15) is 13.2 Å². The Morgan fingerprint density at radius 1 is 1.35 bits per heavy atom. The normalized spacial score (nSPS) is 11.0. The first-order valence-electron chi connectivity index (χ1n) is 8.78. The number of alkyl halides is 3. The molecule has 3 aromatic rings. The third-order valence-corrected chi connectivity index (χ3v) is 5.54. The molecule has 11 heteroatoms. The van der Waals surface area contributed by atoms with Gasteiger partial charge >= 0.3 is 5.51 Å². The summed E-state index contributed by atoms with van der Waals surface area (Å²) in [5.74, 6) is 5.47. The number of aromatic nitrogens is 2. The molecule has 0 saturated heterocycles. The highest BCUT2D eigenvalue weighted by Crippen LogP contribution is 2.40. The van der Waals surface area contributed by atoms with Crippen LogP contribution in [0.1, 0.15) is 16.1 Å². The van der Waals surface area contributed by atoms with Crippen LogP contribution in [0.5, 0.6) is 5.88 Å². The Kier molecular flexibility index (Phi) is 7.02. The standard InChI is InChI=1S/C20H16BrF3N4O2S/c1-25-17(29)14-7-8-15(18(27-14)30-2)26-9-3-5-12-11-16-13(21)6-4-10-28(16)19(12)31-20(22,23)24/h4,6-8,10-11,26H,9H2,1-2H3,(H,25,29). The van der Waals surface area contributed by atoms with Gasteiger partial charge in [-0.3, -0.25) is 4.79 Å². The average Bonchev–Trinajstić information content (AvgIpc) is 3.07. The van der Waals surface area contributed by atoms with Gasteiger partial charge in [-0.25, -0.2) is 4.98 Å². The third kappa shape index (κ3) is 5.45. The van der Waals surface area contributed by atoms with Crippen LogP contribution < -0.4 is 15.4 Å².